The molecule has 0 spiro atoms. The van der Waals surface area contributed by atoms with Gasteiger partial charge in [0.25, 0.3) is 5.56 Å². The minimum Gasteiger partial charge on any atom is -0.267 e. The summed E-state index contributed by atoms with van der Waals surface area (Å²) < 4.78 is 1.39. The summed E-state index contributed by atoms with van der Waals surface area (Å²) in [5.74, 6) is 0. The molecule has 13 heavy (non-hydrogen) atoms. The van der Waals surface area contributed by atoms with Crippen molar-refractivity contribution in [3.8, 4) is 6.07 Å². The first-order valence-corrected chi connectivity index (χ1v) is 4.48. The quantitative estimate of drug-likeness (QED) is 0.622. The van der Waals surface area contributed by atoms with Crippen molar-refractivity contribution in [3.63, 3.8) is 0 Å². The van der Waals surface area contributed by atoms with E-state index in [9.17, 15) is 4.79 Å². The van der Waals surface area contributed by atoms with Crippen molar-refractivity contribution in [1.82, 2.24) is 9.38 Å². The molecule has 0 fully saturated rings. The monoisotopic (exact) mass is 191 g/mol. The van der Waals surface area contributed by atoms with Crippen molar-refractivity contribution >= 4 is 16.3 Å². The maximum atomic E-state index is 11.5. The van der Waals surface area contributed by atoms with E-state index in [1.807, 2.05) is 6.07 Å². The Labute approximate surface area is 77.7 Å². The number of aryl methyl sites for hydroxylation is 1. The van der Waals surface area contributed by atoms with Crippen molar-refractivity contribution in [3.05, 3.63) is 33.2 Å². The molecule has 0 N–H and O–H groups in total. The Morgan fingerprint density at radius 3 is 3.15 bits per heavy atom. The number of fused-ring (bicyclic) bond motifs is 1. The maximum absolute atomic E-state index is 11.5. The molecule has 2 aromatic heterocycles. The Hall–Kier alpha value is -1.67. The van der Waals surface area contributed by atoms with Crippen molar-refractivity contribution < 1.29 is 0 Å². The summed E-state index contributed by atoms with van der Waals surface area (Å²) in [4.78, 5) is 16.3. The van der Waals surface area contributed by atoms with Crippen LogP contribution in [-0.2, 0) is 0 Å². The summed E-state index contributed by atoms with van der Waals surface area (Å²) >= 11 is 1.38. The molecule has 0 amide bonds. The van der Waals surface area contributed by atoms with Gasteiger partial charge in [-0.15, -0.1) is 11.3 Å². The maximum Gasteiger partial charge on any atom is 0.276 e. The second kappa shape index (κ2) is 2.68. The van der Waals surface area contributed by atoms with E-state index < -0.39 is 0 Å². The molecule has 0 aliphatic rings. The van der Waals surface area contributed by atoms with Gasteiger partial charge in [0.1, 0.15) is 11.6 Å². The van der Waals surface area contributed by atoms with Crippen LogP contribution in [0.25, 0.3) is 4.96 Å². The number of nitrogens with zero attached hydrogens (tertiary/aromatic N) is 3. The van der Waals surface area contributed by atoms with Crippen LogP contribution < -0.4 is 5.56 Å². The van der Waals surface area contributed by atoms with Crippen LogP contribution in [-0.4, -0.2) is 9.38 Å². The second-order valence-electron chi connectivity index (χ2n) is 2.54. The fourth-order valence-corrected chi connectivity index (χ4v) is 1.86. The topological polar surface area (TPSA) is 58.2 Å². The third-order valence-corrected chi connectivity index (χ3v) is 2.52. The van der Waals surface area contributed by atoms with E-state index in [1.54, 1.807) is 18.5 Å². The Balaban J connectivity index is 3.04. The third kappa shape index (κ3) is 1.03. The lowest BCUT2D eigenvalue weighted by molar-refractivity contribution is 1.03. The molecular formula is C8H5N3OS. The van der Waals surface area contributed by atoms with Gasteiger partial charge in [-0.1, -0.05) is 0 Å². The largest absolute Gasteiger partial charge is 0.276 e. The zero-order valence-electron chi connectivity index (χ0n) is 6.81. The molecule has 0 radical (unpaired) electrons. The average molecular weight is 191 g/mol. The van der Waals surface area contributed by atoms with Gasteiger partial charge in [-0.05, 0) is 6.92 Å². The highest BCUT2D eigenvalue weighted by Crippen LogP contribution is 2.08. The van der Waals surface area contributed by atoms with Crippen LogP contribution >= 0.6 is 11.3 Å². The van der Waals surface area contributed by atoms with Crippen molar-refractivity contribution in [2.45, 2.75) is 6.92 Å². The summed E-state index contributed by atoms with van der Waals surface area (Å²) in [5.41, 5.74) is 0.331. The normalized spacial score (nSPS) is 10.2. The molecule has 5 heteroatoms. The molecule has 2 aromatic rings. The van der Waals surface area contributed by atoms with E-state index in [1.165, 1.54) is 15.7 Å². The summed E-state index contributed by atoms with van der Waals surface area (Å²) in [6.45, 7) is 1.67. The minimum absolute atomic E-state index is 0.121. The van der Waals surface area contributed by atoms with Crippen LogP contribution in [0.5, 0.6) is 0 Å². The van der Waals surface area contributed by atoms with Gasteiger partial charge >= 0.3 is 0 Å². The lowest BCUT2D eigenvalue weighted by atomic mass is 10.3. The van der Waals surface area contributed by atoms with E-state index in [2.05, 4.69) is 4.98 Å². The van der Waals surface area contributed by atoms with Crippen molar-refractivity contribution in [1.29, 1.82) is 5.26 Å². The lowest BCUT2D eigenvalue weighted by Crippen LogP contribution is -2.17. The smallest absolute Gasteiger partial charge is 0.267 e. The Bertz CT molecular complexity index is 561. The first kappa shape index (κ1) is 7.95. The Morgan fingerprint density at radius 1 is 1.69 bits per heavy atom. The standard InChI is InChI=1S/C8H5N3OS/c1-5-6(4-9)7(12)11-2-3-13-8(11)10-5/h2-3H,1H3. The van der Waals surface area contributed by atoms with Crippen LogP contribution in [0.1, 0.15) is 11.3 Å². The van der Waals surface area contributed by atoms with Gasteiger partial charge in [0.05, 0.1) is 5.69 Å². The van der Waals surface area contributed by atoms with E-state index in [0.717, 1.165) is 0 Å². The highest BCUT2D eigenvalue weighted by Gasteiger charge is 2.08. The number of rotatable bonds is 0. The third-order valence-electron chi connectivity index (χ3n) is 1.76. The SMILES string of the molecule is Cc1nc2sccn2c(=O)c1C#N. The molecule has 0 aliphatic heterocycles. The molecule has 64 valence electrons. The number of nitriles is 1. The van der Waals surface area contributed by atoms with Gasteiger partial charge in [0, 0.05) is 11.6 Å². The van der Waals surface area contributed by atoms with Crippen LogP contribution in [0.4, 0.5) is 0 Å². The van der Waals surface area contributed by atoms with E-state index in [4.69, 9.17) is 5.26 Å². The number of aromatic nitrogens is 2. The lowest BCUT2D eigenvalue weighted by Gasteiger charge is -1.95. The number of hydrogen-bond acceptors (Lipinski definition) is 4. The zero-order chi connectivity index (χ0) is 9.42. The second-order valence-corrected chi connectivity index (χ2v) is 3.42. The molecule has 2 heterocycles. The first-order chi connectivity index (χ1) is 6.24. The van der Waals surface area contributed by atoms with Gasteiger partial charge in [-0.2, -0.15) is 5.26 Å². The fourth-order valence-electron chi connectivity index (χ4n) is 1.11. The molecule has 0 unspecified atom stereocenters. The first-order valence-electron chi connectivity index (χ1n) is 3.60. The predicted octanol–water partition coefficient (Wildman–Crippen LogP) is 0.936. The number of hydrogen-bond donors (Lipinski definition) is 0. The summed E-state index contributed by atoms with van der Waals surface area (Å²) in [5, 5.41) is 10.5. The molecule has 0 atom stereocenters. The van der Waals surface area contributed by atoms with Crippen molar-refractivity contribution in [2.75, 3.05) is 0 Å². The molecule has 0 aliphatic carbocycles. The molecule has 4 nitrogen and oxygen atoms in total. The highest BCUT2D eigenvalue weighted by molar-refractivity contribution is 7.15. The van der Waals surface area contributed by atoms with E-state index >= 15 is 0 Å². The average Bonchev–Trinajstić information content (AvgIpc) is 2.53. The minimum atomic E-state index is -0.286. The molecular weight excluding hydrogens is 186 g/mol. The highest BCUT2D eigenvalue weighted by atomic mass is 32.1. The number of thiazole rings is 1. The van der Waals surface area contributed by atoms with Crippen LogP contribution in [0.2, 0.25) is 0 Å². The van der Waals surface area contributed by atoms with Crippen molar-refractivity contribution in [2.24, 2.45) is 0 Å². The van der Waals surface area contributed by atoms with E-state index in [-0.39, 0.29) is 11.1 Å². The van der Waals surface area contributed by atoms with Gasteiger partial charge in [-0.25, -0.2) is 4.98 Å². The summed E-state index contributed by atoms with van der Waals surface area (Å²) in [6, 6.07) is 1.85. The Morgan fingerprint density at radius 2 is 2.46 bits per heavy atom. The van der Waals surface area contributed by atoms with Crippen LogP contribution in [0, 0.1) is 18.3 Å². The molecule has 0 bridgehead atoms. The molecule has 0 saturated carbocycles. The van der Waals surface area contributed by atoms with E-state index in [0.29, 0.717) is 10.7 Å². The van der Waals surface area contributed by atoms with Gasteiger partial charge in [0.15, 0.2) is 4.96 Å². The zero-order valence-corrected chi connectivity index (χ0v) is 7.63. The van der Waals surface area contributed by atoms with Crippen LogP contribution in [0.15, 0.2) is 16.4 Å². The molecule has 0 aromatic carbocycles. The van der Waals surface area contributed by atoms with Crippen LogP contribution in [0.3, 0.4) is 0 Å². The summed E-state index contributed by atoms with van der Waals surface area (Å²) in [7, 11) is 0. The summed E-state index contributed by atoms with van der Waals surface area (Å²) in [6.07, 6.45) is 1.62. The molecule has 2 rings (SSSR count). The van der Waals surface area contributed by atoms with Gasteiger partial charge < -0.3 is 0 Å². The van der Waals surface area contributed by atoms with Gasteiger partial charge in [0.2, 0.25) is 0 Å². The molecule has 0 saturated heterocycles. The predicted molar refractivity (Wildman–Crippen MR) is 48.8 cm³/mol. The van der Waals surface area contributed by atoms with Gasteiger partial charge in [-0.3, -0.25) is 9.20 Å². The fraction of sp³-hybridized carbons (Fsp3) is 0.125. The Kier molecular flexibility index (Phi) is 1.64.